The van der Waals surface area contributed by atoms with E-state index in [9.17, 15) is 19.4 Å². The second-order valence-electron chi connectivity index (χ2n) is 25.6. The largest absolute Gasteiger partial charge is 0.472 e. The van der Waals surface area contributed by atoms with Crippen molar-refractivity contribution >= 4 is 13.7 Å². The van der Waals surface area contributed by atoms with Crippen molar-refractivity contribution in [2.45, 2.75) is 347 Å². The van der Waals surface area contributed by atoms with Gasteiger partial charge in [0.05, 0.1) is 39.9 Å². The minimum Gasteiger partial charge on any atom is -0.387 e. The molecular formula is C75H140N2O6P+. The maximum atomic E-state index is 13.1. The summed E-state index contributed by atoms with van der Waals surface area (Å²) >= 11 is 0. The van der Waals surface area contributed by atoms with Crippen molar-refractivity contribution in [3.8, 4) is 0 Å². The van der Waals surface area contributed by atoms with Crippen LogP contribution in [0.15, 0.2) is 85.1 Å². The van der Waals surface area contributed by atoms with Crippen molar-refractivity contribution in [2.24, 2.45) is 0 Å². The van der Waals surface area contributed by atoms with Crippen molar-refractivity contribution in [2.75, 3.05) is 40.9 Å². The van der Waals surface area contributed by atoms with Crippen molar-refractivity contribution in [1.29, 1.82) is 0 Å². The molecule has 0 bridgehead atoms. The SMILES string of the molecule is CC/C=C\C/C=C\C/C=C\C/C=C\C/C=C\C/C=C\CCCCCCCCCCCCCCCCCCC(=O)NC(COP(=O)(O)OCC[N+](C)(C)C)C(O)/C=C/CCCCCCCCCCCCCCCCCCCCCCCCCCC. The number of amides is 1. The standard InChI is InChI=1S/C75H139N2O6P/c1-6-8-10-12-14-16-18-20-22-24-26-28-30-32-34-35-36-37-38-39-40-41-43-45-47-49-51-53-55-57-59-61-63-65-67-69-75(79)76-73(72-83-84(80,81)82-71-70-77(3,4)5)74(78)68-66-64-62-60-58-56-54-52-50-48-46-44-42-33-31-29-27-25-23-21-19-17-15-13-11-9-7-2/h8,10,14,16,20,22,26,28,32,34,36-37,66,68,73-74,78H,6-7,9,11-13,15,17-19,21,23-25,27,29-31,33,35,38-65,67,69-72H2,1-5H3,(H-,76,79,80,81)/p+1/b10-8-,16-14-,22-20-,28-26-,34-32-,37-36-,68-66+. The first-order valence-electron chi connectivity index (χ1n) is 36.0. The maximum absolute atomic E-state index is 13.1. The quantitative estimate of drug-likeness (QED) is 0.0243. The van der Waals surface area contributed by atoms with Crippen LogP contribution < -0.4 is 5.32 Å². The third-order valence-corrected chi connectivity index (χ3v) is 17.1. The Morgan fingerprint density at radius 3 is 1.05 bits per heavy atom. The molecule has 0 aliphatic rings. The van der Waals surface area contributed by atoms with Crippen molar-refractivity contribution < 1.29 is 32.9 Å². The van der Waals surface area contributed by atoms with Gasteiger partial charge in [-0.15, -0.1) is 0 Å². The Morgan fingerprint density at radius 1 is 0.417 bits per heavy atom. The van der Waals surface area contributed by atoms with Crippen LogP contribution in [0.4, 0.5) is 0 Å². The summed E-state index contributed by atoms with van der Waals surface area (Å²) in [7, 11) is 1.58. The molecule has 0 saturated heterocycles. The fourth-order valence-corrected chi connectivity index (χ4v) is 11.3. The van der Waals surface area contributed by atoms with E-state index in [0.29, 0.717) is 17.4 Å². The zero-order valence-electron chi connectivity index (χ0n) is 56.1. The summed E-state index contributed by atoms with van der Waals surface area (Å²) < 4.78 is 23.8. The highest BCUT2D eigenvalue weighted by atomic mass is 31.2. The minimum atomic E-state index is -4.36. The van der Waals surface area contributed by atoms with Gasteiger partial charge in [0, 0.05) is 6.42 Å². The summed E-state index contributed by atoms with van der Waals surface area (Å²) in [5, 5.41) is 14.0. The molecule has 0 aromatic rings. The molecule has 0 rings (SSSR count). The molecule has 3 unspecified atom stereocenters. The smallest absolute Gasteiger partial charge is 0.387 e. The predicted octanol–water partition coefficient (Wildman–Crippen LogP) is 23.1. The first-order chi connectivity index (χ1) is 41.0. The van der Waals surface area contributed by atoms with Gasteiger partial charge in [-0.05, 0) is 70.6 Å². The number of unbranched alkanes of at least 4 members (excludes halogenated alkanes) is 41. The number of carbonyl (C=O) groups is 1. The van der Waals surface area contributed by atoms with Crippen LogP contribution in [-0.2, 0) is 18.4 Å². The lowest BCUT2D eigenvalue weighted by atomic mass is 10.0. The van der Waals surface area contributed by atoms with Crippen LogP contribution in [0.5, 0.6) is 0 Å². The highest BCUT2D eigenvalue weighted by Gasteiger charge is 2.28. The third kappa shape index (κ3) is 67.2. The third-order valence-electron chi connectivity index (χ3n) is 16.1. The van der Waals surface area contributed by atoms with Gasteiger partial charge in [-0.2, -0.15) is 0 Å². The molecule has 3 N–H and O–H groups in total. The zero-order valence-corrected chi connectivity index (χ0v) is 57.0. The number of phosphoric acid groups is 1. The number of hydrogen-bond acceptors (Lipinski definition) is 5. The molecule has 490 valence electrons. The van der Waals surface area contributed by atoms with Crippen LogP contribution in [0.3, 0.4) is 0 Å². The van der Waals surface area contributed by atoms with E-state index in [1.807, 2.05) is 27.2 Å². The van der Waals surface area contributed by atoms with Crippen LogP contribution in [0, 0.1) is 0 Å². The number of carbonyl (C=O) groups excluding carboxylic acids is 1. The average Bonchev–Trinajstić information content (AvgIpc) is 3.56. The average molecular weight is 1200 g/mol. The molecule has 0 aliphatic heterocycles. The summed E-state index contributed by atoms with van der Waals surface area (Å²) in [6.45, 7) is 4.74. The van der Waals surface area contributed by atoms with Crippen molar-refractivity contribution in [3.05, 3.63) is 85.1 Å². The molecule has 1 amide bonds. The number of aliphatic hydroxyl groups excluding tert-OH is 1. The fourth-order valence-electron chi connectivity index (χ4n) is 10.6. The van der Waals surface area contributed by atoms with E-state index in [1.165, 1.54) is 238 Å². The number of rotatable bonds is 66. The van der Waals surface area contributed by atoms with Crippen LogP contribution in [0.1, 0.15) is 335 Å². The van der Waals surface area contributed by atoms with Crippen molar-refractivity contribution in [1.82, 2.24) is 5.32 Å². The van der Waals surface area contributed by atoms with Gasteiger partial charge in [-0.3, -0.25) is 13.8 Å². The summed E-state index contributed by atoms with van der Waals surface area (Å²) in [6, 6.07) is -0.851. The molecule has 0 fully saturated rings. The summed E-state index contributed by atoms with van der Waals surface area (Å²) in [4.78, 5) is 23.4. The van der Waals surface area contributed by atoms with E-state index in [2.05, 4.69) is 92.1 Å². The molecule has 8 nitrogen and oxygen atoms in total. The number of likely N-dealkylation sites (N-methyl/N-ethyl adjacent to an activating group) is 1. The maximum Gasteiger partial charge on any atom is 0.472 e. The van der Waals surface area contributed by atoms with Crippen LogP contribution >= 0.6 is 7.82 Å². The molecule has 0 saturated carbocycles. The van der Waals surface area contributed by atoms with Gasteiger partial charge in [-0.1, -0.05) is 343 Å². The van der Waals surface area contributed by atoms with Crippen LogP contribution in [-0.4, -0.2) is 73.4 Å². The van der Waals surface area contributed by atoms with Gasteiger partial charge in [0.25, 0.3) is 0 Å². The van der Waals surface area contributed by atoms with E-state index in [0.717, 1.165) is 77.0 Å². The number of hydrogen-bond donors (Lipinski definition) is 3. The molecular weight excluding hydrogens is 1060 g/mol. The van der Waals surface area contributed by atoms with Crippen LogP contribution in [0.25, 0.3) is 0 Å². The Hall–Kier alpha value is -2.32. The molecule has 0 spiro atoms. The molecule has 0 aromatic heterocycles. The van der Waals surface area contributed by atoms with Gasteiger partial charge in [0.15, 0.2) is 0 Å². The number of nitrogens with zero attached hydrogens (tertiary/aromatic N) is 1. The fraction of sp³-hybridized carbons (Fsp3) is 0.800. The molecule has 0 radical (unpaired) electrons. The zero-order chi connectivity index (χ0) is 61.2. The molecule has 3 atom stereocenters. The lowest BCUT2D eigenvalue weighted by Crippen LogP contribution is -2.45. The first-order valence-corrected chi connectivity index (χ1v) is 37.5. The van der Waals surface area contributed by atoms with Crippen molar-refractivity contribution in [3.63, 3.8) is 0 Å². The number of allylic oxidation sites excluding steroid dienone is 13. The number of aliphatic hydroxyl groups is 1. The predicted molar refractivity (Wildman–Crippen MR) is 369 cm³/mol. The Bertz CT molecular complexity index is 1650. The number of phosphoric ester groups is 1. The van der Waals surface area contributed by atoms with E-state index >= 15 is 0 Å². The second-order valence-corrected chi connectivity index (χ2v) is 27.0. The highest BCUT2D eigenvalue weighted by molar-refractivity contribution is 7.47. The Morgan fingerprint density at radius 2 is 0.714 bits per heavy atom. The summed E-state index contributed by atoms with van der Waals surface area (Å²) in [5.74, 6) is -0.174. The van der Waals surface area contributed by atoms with Gasteiger partial charge in [-0.25, -0.2) is 4.57 Å². The van der Waals surface area contributed by atoms with Gasteiger partial charge in [0.1, 0.15) is 13.2 Å². The van der Waals surface area contributed by atoms with E-state index in [-0.39, 0.29) is 19.1 Å². The minimum absolute atomic E-state index is 0.0604. The Kier molecular flexibility index (Phi) is 63.3. The van der Waals surface area contributed by atoms with Gasteiger partial charge < -0.3 is 19.8 Å². The summed E-state index contributed by atoms with van der Waals surface area (Å²) in [5.41, 5.74) is 0. The van der Waals surface area contributed by atoms with E-state index in [1.54, 1.807) is 6.08 Å². The number of quaternary nitrogens is 1. The lowest BCUT2D eigenvalue weighted by Gasteiger charge is -2.25. The number of nitrogens with one attached hydrogen (secondary N) is 1. The molecule has 0 aliphatic carbocycles. The van der Waals surface area contributed by atoms with Crippen LogP contribution in [0.2, 0.25) is 0 Å². The monoisotopic (exact) mass is 1200 g/mol. The Balaban J connectivity index is 4.05. The lowest BCUT2D eigenvalue weighted by molar-refractivity contribution is -0.870. The topological polar surface area (TPSA) is 105 Å². The molecule has 0 aromatic carbocycles. The van der Waals surface area contributed by atoms with E-state index < -0.39 is 20.0 Å². The highest BCUT2D eigenvalue weighted by Crippen LogP contribution is 2.43. The second kappa shape index (κ2) is 65.1. The molecule has 0 heterocycles. The van der Waals surface area contributed by atoms with Gasteiger partial charge >= 0.3 is 7.82 Å². The Labute approximate surface area is 522 Å². The summed E-state index contributed by atoms with van der Waals surface area (Å²) in [6.07, 6.45) is 93.0. The van der Waals surface area contributed by atoms with Gasteiger partial charge in [0.2, 0.25) is 5.91 Å². The van der Waals surface area contributed by atoms with E-state index in [4.69, 9.17) is 9.05 Å². The first kappa shape index (κ1) is 81.7. The molecule has 84 heavy (non-hydrogen) atoms. The molecule has 9 heteroatoms. The normalized spacial score (nSPS) is 14.1.